The van der Waals surface area contributed by atoms with E-state index in [1.165, 1.54) is 12.5 Å². The standard InChI is InChI=1S/C19H17NO5/c21-16(18-6-3-8-24-18)10-13-11-23-9-7-20(13)19(22)15-12-25-17-5-2-1-4-14(15)17/h1-6,8,12-13H,7,9-11H2. The van der Waals surface area contributed by atoms with Gasteiger partial charge in [0.2, 0.25) is 0 Å². The second kappa shape index (κ2) is 6.57. The van der Waals surface area contributed by atoms with Crippen molar-refractivity contribution in [3.05, 3.63) is 60.2 Å². The van der Waals surface area contributed by atoms with Gasteiger partial charge in [-0.1, -0.05) is 18.2 Å². The fraction of sp³-hybridized carbons (Fsp3) is 0.263. The SMILES string of the molecule is O=C(CC1COCCN1C(=O)c1coc2ccccc12)c1ccco1. The number of hydrogen-bond donors (Lipinski definition) is 0. The Morgan fingerprint density at radius 3 is 2.84 bits per heavy atom. The van der Waals surface area contributed by atoms with Crippen LogP contribution in [0.25, 0.3) is 11.0 Å². The lowest BCUT2D eigenvalue weighted by Gasteiger charge is -2.35. The largest absolute Gasteiger partial charge is 0.463 e. The van der Waals surface area contributed by atoms with Crippen LogP contribution in [0.3, 0.4) is 0 Å². The summed E-state index contributed by atoms with van der Waals surface area (Å²) in [7, 11) is 0. The van der Waals surface area contributed by atoms with Crippen LogP contribution in [0.15, 0.2) is 57.8 Å². The molecule has 25 heavy (non-hydrogen) atoms. The highest BCUT2D eigenvalue weighted by atomic mass is 16.5. The minimum Gasteiger partial charge on any atom is -0.463 e. The van der Waals surface area contributed by atoms with Gasteiger partial charge in [0, 0.05) is 18.4 Å². The van der Waals surface area contributed by atoms with Crippen molar-refractivity contribution in [1.82, 2.24) is 4.90 Å². The Morgan fingerprint density at radius 1 is 1.12 bits per heavy atom. The molecule has 1 amide bonds. The molecule has 1 atom stereocenters. The third kappa shape index (κ3) is 2.96. The van der Waals surface area contributed by atoms with Crippen LogP contribution < -0.4 is 0 Å². The van der Waals surface area contributed by atoms with Crippen LogP contribution in [0.5, 0.6) is 0 Å². The Morgan fingerprint density at radius 2 is 2.00 bits per heavy atom. The third-order valence-electron chi connectivity index (χ3n) is 4.42. The lowest BCUT2D eigenvalue weighted by atomic mass is 10.0. The molecule has 3 heterocycles. The van der Waals surface area contributed by atoms with Crippen LogP contribution in [0.4, 0.5) is 0 Å². The summed E-state index contributed by atoms with van der Waals surface area (Å²) in [5.41, 5.74) is 1.18. The summed E-state index contributed by atoms with van der Waals surface area (Å²) < 4.78 is 16.1. The van der Waals surface area contributed by atoms with Crippen LogP contribution in [0.2, 0.25) is 0 Å². The first-order valence-electron chi connectivity index (χ1n) is 8.15. The van der Waals surface area contributed by atoms with Crippen molar-refractivity contribution < 1.29 is 23.2 Å². The van der Waals surface area contributed by atoms with Gasteiger partial charge < -0.3 is 18.5 Å². The summed E-state index contributed by atoms with van der Waals surface area (Å²) in [6.45, 7) is 1.22. The maximum absolute atomic E-state index is 13.0. The van der Waals surface area contributed by atoms with E-state index in [2.05, 4.69) is 0 Å². The molecule has 1 aromatic carbocycles. The molecule has 6 heteroatoms. The summed E-state index contributed by atoms with van der Waals surface area (Å²) >= 11 is 0. The lowest BCUT2D eigenvalue weighted by molar-refractivity contribution is -0.00297. The molecular weight excluding hydrogens is 322 g/mol. The number of ketones is 1. The quantitative estimate of drug-likeness (QED) is 0.683. The smallest absolute Gasteiger partial charge is 0.258 e. The minimum absolute atomic E-state index is 0.143. The van der Waals surface area contributed by atoms with E-state index in [0.29, 0.717) is 36.7 Å². The van der Waals surface area contributed by atoms with Gasteiger partial charge in [0.25, 0.3) is 5.91 Å². The van der Waals surface area contributed by atoms with Crippen molar-refractivity contribution in [2.45, 2.75) is 12.5 Å². The van der Waals surface area contributed by atoms with E-state index in [1.54, 1.807) is 17.0 Å². The fourth-order valence-corrected chi connectivity index (χ4v) is 3.14. The van der Waals surface area contributed by atoms with Crippen molar-refractivity contribution in [2.75, 3.05) is 19.8 Å². The summed E-state index contributed by atoms with van der Waals surface area (Å²) in [6.07, 6.45) is 3.11. The number of Topliss-reactive ketones (excluding diaryl/α,β-unsaturated/α-hetero) is 1. The van der Waals surface area contributed by atoms with Gasteiger partial charge in [0.05, 0.1) is 31.1 Å². The number of amides is 1. The van der Waals surface area contributed by atoms with Crippen molar-refractivity contribution in [3.8, 4) is 0 Å². The van der Waals surface area contributed by atoms with Gasteiger partial charge in [-0.15, -0.1) is 0 Å². The van der Waals surface area contributed by atoms with E-state index in [9.17, 15) is 9.59 Å². The molecule has 0 aliphatic carbocycles. The van der Waals surface area contributed by atoms with E-state index in [4.69, 9.17) is 13.6 Å². The number of benzene rings is 1. The highest BCUT2D eigenvalue weighted by molar-refractivity contribution is 6.06. The van der Waals surface area contributed by atoms with Gasteiger partial charge in [-0.05, 0) is 18.2 Å². The molecule has 1 aliphatic rings. The van der Waals surface area contributed by atoms with Crippen molar-refractivity contribution in [3.63, 3.8) is 0 Å². The molecule has 0 saturated carbocycles. The summed E-state index contributed by atoms with van der Waals surface area (Å²) in [5, 5.41) is 0.773. The maximum Gasteiger partial charge on any atom is 0.258 e. The topological polar surface area (TPSA) is 72.9 Å². The summed E-state index contributed by atoms with van der Waals surface area (Å²) in [4.78, 5) is 27.1. The molecule has 0 N–H and O–H groups in total. The molecular formula is C19H17NO5. The zero-order chi connectivity index (χ0) is 17.2. The van der Waals surface area contributed by atoms with Crippen LogP contribution >= 0.6 is 0 Å². The summed E-state index contributed by atoms with van der Waals surface area (Å²) in [5.74, 6) is 0.00702. The maximum atomic E-state index is 13.0. The molecule has 128 valence electrons. The number of para-hydroxylation sites is 1. The monoisotopic (exact) mass is 339 g/mol. The zero-order valence-electron chi connectivity index (χ0n) is 13.5. The Balaban J connectivity index is 1.58. The second-order valence-corrected chi connectivity index (χ2v) is 5.98. The van der Waals surface area contributed by atoms with E-state index >= 15 is 0 Å². The van der Waals surface area contributed by atoms with E-state index < -0.39 is 0 Å². The second-order valence-electron chi connectivity index (χ2n) is 5.98. The molecule has 1 unspecified atom stereocenters. The number of morpholine rings is 1. The summed E-state index contributed by atoms with van der Waals surface area (Å²) in [6, 6.07) is 10.4. The normalized spacial score (nSPS) is 17.8. The van der Waals surface area contributed by atoms with Gasteiger partial charge in [0.15, 0.2) is 11.5 Å². The van der Waals surface area contributed by atoms with Gasteiger partial charge in [-0.25, -0.2) is 0 Å². The Labute approximate surface area is 144 Å². The average molecular weight is 339 g/mol. The van der Waals surface area contributed by atoms with Crippen molar-refractivity contribution in [1.29, 1.82) is 0 Å². The Kier molecular flexibility index (Phi) is 4.11. The predicted molar refractivity (Wildman–Crippen MR) is 89.5 cm³/mol. The minimum atomic E-state index is -0.326. The molecule has 0 bridgehead atoms. The number of ether oxygens (including phenoxy) is 1. The third-order valence-corrected chi connectivity index (χ3v) is 4.42. The molecule has 1 aliphatic heterocycles. The van der Waals surface area contributed by atoms with E-state index in [1.807, 2.05) is 24.3 Å². The predicted octanol–water partition coefficient (Wildman–Crippen LogP) is 3.14. The number of furan rings is 2. The van der Waals surface area contributed by atoms with Gasteiger partial charge >= 0.3 is 0 Å². The fourth-order valence-electron chi connectivity index (χ4n) is 3.14. The molecule has 3 aromatic rings. The number of carbonyl (C=O) groups excluding carboxylic acids is 2. The molecule has 0 radical (unpaired) electrons. The van der Waals surface area contributed by atoms with Crippen LogP contribution in [0.1, 0.15) is 27.3 Å². The lowest BCUT2D eigenvalue weighted by Crippen LogP contribution is -2.49. The molecule has 6 nitrogen and oxygen atoms in total. The molecule has 4 rings (SSSR count). The molecule has 0 spiro atoms. The number of rotatable bonds is 4. The first-order valence-corrected chi connectivity index (χ1v) is 8.15. The number of fused-ring (bicyclic) bond motifs is 1. The van der Waals surface area contributed by atoms with Crippen LogP contribution in [0, 0.1) is 0 Å². The van der Waals surface area contributed by atoms with Gasteiger partial charge in [-0.2, -0.15) is 0 Å². The van der Waals surface area contributed by atoms with E-state index in [-0.39, 0.29) is 24.2 Å². The number of carbonyl (C=O) groups is 2. The van der Waals surface area contributed by atoms with Gasteiger partial charge in [0.1, 0.15) is 11.8 Å². The highest BCUT2D eigenvalue weighted by Gasteiger charge is 2.32. The molecule has 1 saturated heterocycles. The van der Waals surface area contributed by atoms with Crippen molar-refractivity contribution in [2.24, 2.45) is 0 Å². The molecule has 1 fully saturated rings. The Bertz CT molecular complexity index is 896. The Hall–Kier alpha value is -2.86. The van der Waals surface area contributed by atoms with Gasteiger partial charge in [-0.3, -0.25) is 9.59 Å². The number of hydrogen-bond acceptors (Lipinski definition) is 5. The highest BCUT2D eigenvalue weighted by Crippen LogP contribution is 2.24. The number of nitrogens with zero attached hydrogens (tertiary/aromatic N) is 1. The average Bonchev–Trinajstić information content (AvgIpc) is 3.31. The van der Waals surface area contributed by atoms with Crippen molar-refractivity contribution >= 4 is 22.7 Å². The zero-order valence-corrected chi connectivity index (χ0v) is 13.5. The van der Waals surface area contributed by atoms with Crippen LogP contribution in [-0.2, 0) is 4.74 Å². The first kappa shape index (κ1) is 15.7. The first-order chi connectivity index (χ1) is 12.2. The molecule has 2 aromatic heterocycles. The van der Waals surface area contributed by atoms with E-state index in [0.717, 1.165) is 5.39 Å². The van der Waals surface area contributed by atoms with Crippen LogP contribution in [-0.4, -0.2) is 42.4 Å².